The van der Waals surface area contributed by atoms with E-state index in [4.69, 9.17) is 4.52 Å². The van der Waals surface area contributed by atoms with Gasteiger partial charge in [0.2, 0.25) is 0 Å². The second-order valence-electron chi connectivity index (χ2n) is 7.49. The minimum Gasteiger partial charge on any atom is -0.360 e. The van der Waals surface area contributed by atoms with Crippen LogP contribution >= 0.6 is 11.8 Å². The zero-order valence-corrected chi connectivity index (χ0v) is 17.0. The zero-order valence-electron chi connectivity index (χ0n) is 16.2. The van der Waals surface area contributed by atoms with Crippen LogP contribution in [-0.4, -0.2) is 24.9 Å². The molecule has 0 amide bonds. The predicted molar refractivity (Wildman–Crippen MR) is 117 cm³/mol. The molecule has 1 aliphatic rings. The first kappa shape index (κ1) is 17.5. The van der Waals surface area contributed by atoms with E-state index in [1.165, 1.54) is 18.2 Å². The average Bonchev–Trinajstić information content (AvgIpc) is 3.19. The first-order valence-electron chi connectivity index (χ1n) is 10.0. The molecule has 148 valence electrons. The van der Waals surface area contributed by atoms with Crippen LogP contribution in [0.25, 0.3) is 33.5 Å². The molecule has 30 heavy (non-hydrogen) atoms. The van der Waals surface area contributed by atoms with Crippen molar-refractivity contribution in [2.75, 3.05) is 0 Å². The Labute approximate surface area is 177 Å². The second-order valence-corrected chi connectivity index (χ2v) is 8.43. The van der Waals surface area contributed by atoms with Crippen LogP contribution < -0.4 is 0 Å². The van der Waals surface area contributed by atoms with E-state index < -0.39 is 0 Å². The topological polar surface area (TPSA) is 72.5 Å². The number of benzene rings is 2. The molecule has 0 atom stereocenters. The zero-order chi connectivity index (χ0) is 19.9. The van der Waals surface area contributed by atoms with Crippen LogP contribution in [0.5, 0.6) is 0 Å². The summed E-state index contributed by atoms with van der Waals surface area (Å²) in [5, 5.41) is 15.4. The van der Waals surface area contributed by atoms with Gasteiger partial charge in [0.05, 0.1) is 5.75 Å². The maximum absolute atomic E-state index is 5.56. The van der Waals surface area contributed by atoms with Crippen molar-refractivity contribution in [3.63, 3.8) is 0 Å². The molecule has 0 spiro atoms. The van der Waals surface area contributed by atoms with Crippen LogP contribution in [0.3, 0.4) is 0 Å². The number of aromatic nitrogens is 5. The highest BCUT2D eigenvalue weighted by atomic mass is 32.2. The molecule has 1 N–H and O–H groups in total. The average molecular weight is 414 g/mol. The van der Waals surface area contributed by atoms with E-state index in [9.17, 15) is 0 Å². The maximum Gasteiger partial charge on any atom is 0.192 e. The molecule has 0 bridgehead atoms. The molecular weight excluding hydrogens is 394 g/mol. The number of fused-ring (bicyclic) bond motifs is 1. The summed E-state index contributed by atoms with van der Waals surface area (Å²) in [6, 6.07) is 20.8. The molecule has 1 saturated carbocycles. The first-order valence-corrected chi connectivity index (χ1v) is 11.0. The van der Waals surface area contributed by atoms with Crippen molar-refractivity contribution in [3.05, 3.63) is 72.6 Å². The standard InChI is InChI=1S/C23H19N5OS/c1-2-6-15(7-3-1)21-12-17(29-27-21)14-30-23-26-25-22(28(23)16-10-11-16)19-13-24-20-9-5-4-8-18(19)20/h1-9,12-13,16,24H,10-11,14H2. The van der Waals surface area contributed by atoms with Crippen LogP contribution in [0.15, 0.2) is 76.5 Å². The summed E-state index contributed by atoms with van der Waals surface area (Å²) in [6.45, 7) is 0. The fourth-order valence-corrected chi connectivity index (χ4v) is 4.62. The molecule has 0 unspecified atom stereocenters. The highest BCUT2D eigenvalue weighted by Gasteiger charge is 2.31. The predicted octanol–water partition coefficient (Wildman–Crippen LogP) is 5.71. The van der Waals surface area contributed by atoms with Gasteiger partial charge >= 0.3 is 0 Å². The number of hydrogen-bond donors (Lipinski definition) is 1. The number of aromatic amines is 1. The van der Waals surface area contributed by atoms with Crippen molar-refractivity contribution in [1.82, 2.24) is 24.9 Å². The molecule has 1 aliphatic carbocycles. The third-order valence-corrected chi connectivity index (χ3v) is 6.34. The molecule has 2 aromatic carbocycles. The summed E-state index contributed by atoms with van der Waals surface area (Å²) in [6.07, 6.45) is 4.37. The van der Waals surface area contributed by atoms with Gasteiger partial charge in [0.1, 0.15) is 11.5 Å². The lowest BCUT2D eigenvalue weighted by molar-refractivity contribution is 0.397. The van der Waals surface area contributed by atoms with Crippen molar-refractivity contribution in [3.8, 4) is 22.6 Å². The third-order valence-electron chi connectivity index (χ3n) is 5.38. The van der Waals surface area contributed by atoms with E-state index in [2.05, 4.69) is 43.1 Å². The van der Waals surface area contributed by atoms with E-state index in [0.717, 1.165) is 39.1 Å². The van der Waals surface area contributed by atoms with Crippen molar-refractivity contribution in [1.29, 1.82) is 0 Å². The van der Waals surface area contributed by atoms with E-state index in [1.54, 1.807) is 11.8 Å². The van der Waals surface area contributed by atoms with Crippen molar-refractivity contribution in [2.45, 2.75) is 29.8 Å². The summed E-state index contributed by atoms with van der Waals surface area (Å²) >= 11 is 1.65. The van der Waals surface area contributed by atoms with Crippen molar-refractivity contribution >= 4 is 22.7 Å². The Morgan fingerprint density at radius 3 is 2.73 bits per heavy atom. The van der Waals surface area contributed by atoms with Gasteiger partial charge in [-0.25, -0.2) is 0 Å². The van der Waals surface area contributed by atoms with Gasteiger partial charge in [0, 0.05) is 40.3 Å². The van der Waals surface area contributed by atoms with Crippen LogP contribution in [0, 0.1) is 0 Å². The lowest BCUT2D eigenvalue weighted by Crippen LogP contribution is -1.99. The van der Waals surface area contributed by atoms with Gasteiger partial charge in [0.15, 0.2) is 11.0 Å². The highest BCUT2D eigenvalue weighted by Crippen LogP contribution is 2.42. The maximum atomic E-state index is 5.56. The highest BCUT2D eigenvalue weighted by molar-refractivity contribution is 7.98. The van der Waals surface area contributed by atoms with Gasteiger partial charge in [0.25, 0.3) is 0 Å². The number of H-pyrrole nitrogens is 1. The SMILES string of the molecule is c1ccc(-c2cc(CSc3nnc(-c4c[nH]c5ccccc45)n3C3CC3)on2)cc1. The fraction of sp³-hybridized carbons (Fsp3) is 0.174. The number of rotatable bonds is 6. The van der Waals surface area contributed by atoms with Crippen LogP contribution in [0.4, 0.5) is 0 Å². The molecule has 3 heterocycles. The van der Waals surface area contributed by atoms with Gasteiger partial charge in [-0.3, -0.25) is 4.57 Å². The number of nitrogens with zero attached hydrogens (tertiary/aromatic N) is 4. The molecule has 5 aromatic rings. The van der Waals surface area contributed by atoms with E-state index in [-0.39, 0.29) is 0 Å². The Hall–Kier alpha value is -3.32. The van der Waals surface area contributed by atoms with Gasteiger partial charge in [-0.05, 0) is 18.9 Å². The molecule has 6 rings (SSSR count). The summed E-state index contributed by atoms with van der Waals surface area (Å²) in [5.41, 5.74) is 4.12. The Kier molecular flexibility index (Phi) is 4.19. The summed E-state index contributed by atoms with van der Waals surface area (Å²) in [4.78, 5) is 3.35. The van der Waals surface area contributed by atoms with Gasteiger partial charge in [-0.1, -0.05) is 65.4 Å². The van der Waals surface area contributed by atoms with E-state index in [0.29, 0.717) is 11.8 Å². The summed E-state index contributed by atoms with van der Waals surface area (Å²) < 4.78 is 7.85. The van der Waals surface area contributed by atoms with Gasteiger partial charge < -0.3 is 9.51 Å². The Balaban J connectivity index is 1.28. The molecule has 3 aromatic heterocycles. The molecule has 0 saturated heterocycles. The molecule has 0 radical (unpaired) electrons. The Morgan fingerprint density at radius 2 is 1.87 bits per heavy atom. The number of nitrogens with one attached hydrogen (secondary N) is 1. The minimum absolute atomic E-state index is 0.473. The fourth-order valence-electron chi connectivity index (χ4n) is 3.74. The monoisotopic (exact) mass is 413 g/mol. The number of para-hydroxylation sites is 1. The lowest BCUT2D eigenvalue weighted by atomic mass is 10.1. The quantitative estimate of drug-likeness (QED) is 0.361. The first-order chi connectivity index (χ1) is 14.9. The molecule has 6 nitrogen and oxygen atoms in total. The smallest absolute Gasteiger partial charge is 0.192 e. The van der Waals surface area contributed by atoms with E-state index >= 15 is 0 Å². The van der Waals surface area contributed by atoms with Crippen LogP contribution in [0.1, 0.15) is 24.6 Å². The second kappa shape index (κ2) is 7.18. The molecular formula is C23H19N5OS. The minimum atomic E-state index is 0.473. The Bertz CT molecular complexity index is 1320. The Morgan fingerprint density at radius 1 is 1.03 bits per heavy atom. The molecule has 1 fully saturated rings. The molecule has 0 aliphatic heterocycles. The van der Waals surface area contributed by atoms with Crippen LogP contribution in [-0.2, 0) is 5.75 Å². The number of hydrogen-bond acceptors (Lipinski definition) is 5. The molecule has 7 heteroatoms. The third kappa shape index (κ3) is 3.11. The van der Waals surface area contributed by atoms with Gasteiger partial charge in [-0.15, -0.1) is 10.2 Å². The van der Waals surface area contributed by atoms with Crippen LogP contribution in [0.2, 0.25) is 0 Å². The van der Waals surface area contributed by atoms with Gasteiger partial charge in [-0.2, -0.15) is 0 Å². The summed E-state index contributed by atoms with van der Waals surface area (Å²) in [5.74, 6) is 2.43. The lowest BCUT2D eigenvalue weighted by Gasteiger charge is -2.07. The van der Waals surface area contributed by atoms with Crippen molar-refractivity contribution in [2.24, 2.45) is 0 Å². The van der Waals surface area contributed by atoms with Crippen molar-refractivity contribution < 1.29 is 4.52 Å². The summed E-state index contributed by atoms with van der Waals surface area (Å²) in [7, 11) is 0. The number of thioether (sulfide) groups is 1. The van der Waals surface area contributed by atoms with E-state index in [1.807, 2.05) is 48.7 Å². The largest absolute Gasteiger partial charge is 0.360 e. The normalized spacial score (nSPS) is 13.9.